The lowest BCUT2D eigenvalue weighted by atomic mass is 10.5. The van der Waals surface area contributed by atoms with Gasteiger partial charge >= 0.3 is 0 Å². The number of rotatable bonds is 0. The van der Waals surface area contributed by atoms with Gasteiger partial charge in [-0.3, -0.25) is 0 Å². The maximum atomic E-state index is 5.73. The molecule has 0 atom stereocenters. The van der Waals surface area contributed by atoms with E-state index in [2.05, 4.69) is 0 Å². The quantitative estimate of drug-likeness (QED) is 0.574. The summed E-state index contributed by atoms with van der Waals surface area (Å²) >= 11 is 7.33. The lowest BCUT2D eigenvalue weighted by Crippen LogP contribution is -1.42. The van der Waals surface area contributed by atoms with Crippen LogP contribution in [0.15, 0.2) is 22.1 Å². The first kappa shape index (κ1) is 5.33. The highest BCUT2D eigenvalue weighted by molar-refractivity contribution is 7.17. The molecule has 1 nitrogen and oxygen atoms in total. The van der Waals surface area contributed by atoms with Gasteiger partial charge in [-0.2, -0.15) is 0 Å². The molecule has 0 amide bonds. The van der Waals surface area contributed by atoms with E-state index in [-0.39, 0.29) is 0 Å². The van der Waals surface area contributed by atoms with Crippen molar-refractivity contribution < 1.29 is 4.42 Å². The molecule has 0 unspecified atom stereocenters. The Hall–Kier alpha value is -0.470. The monoisotopic (exact) mass is 158 g/mol. The average Bonchev–Trinajstić information content (AvgIpc) is 2.35. The zero-order chi connectivity index (χ0) is 6.27. The summed E-state index contributed by atoms with van der Waals surface area (Å²) in [4.78, 5) is 0. The van der Waals surface area contributed by atoms with Gasteiger partial charge in [-0.1, -0.05) is 11.6 Å². The third kappa shape index (κ3) is 0.671. The van der Waals surface area contributed by atoms with Crippen LogP contribution in [0.3, 0.4) is 0 Å². The molecule has 46 valence electrons. The molecule has 0 bridgehead atoms. The summed E-state index contributed by atoms with van der Waals surface area (Å²) in [5.41, 5.74) is 0.880. The van der Waals surface area contributed by atoms with E-state index < -0.39 is 0 Å². The first-order valence-corrected chi connectivity index (χ1v) is 3.74. The van der Waals surface area contributed by atoms with Crippen LogP contribution in [-0.2, 0) is 0 Å². The summed E-state index contributed by atoms with van der Waals surface area (Å²) in [7, 11) is 0. The lowest BCUT2D eigenvalue weighted by Gasteiger charge is -1.69. The van der Waals surface area contributed by atoms with Crippen molar-refractivity contribution in [3.63, 3.8) is 0 Å². The molecule has 0 N–H and O–H groups in total. The van der Waals surface area contributed by atoms with Gasteiger partial charge in [0.05, 0.1) is 9.72 Å². The van der Waals surface area contributed by atoms with Crippen LogP contribution < -0.4 is 0 Å². The largest absolute Gasteiger partial charge is 0.462 e. The predicted octanol–water partition coefficient (Wildman–Crippen LogP) is 3.15. The first-order chi connectivity index (χ1) is 4.38. The van der Waals surface area contributed by atoms with Gasteiger partial charge in [-0.25, -0.2) is 0 Å². The molecule has 0 fully saturated rings. The van der Waals surface area contributed by atoms with E-state index in [4.69, 9.17) is 16.0 Å². The van der Waals surface area contributed by atoms with Crippen molar-refractivity contribution in [3.05, 3.63) is 22.7 Å². The van der Waals surface area contributed by atoms with E-state index in [1.165, 1.54) is 0 Å². The molecule has 2 aromatic rings. The van der Waals surface area contributed by atoms with Crippen LogP contribution >= 0.6 is 22.9 Å². The molecule has 0 aromatic carbocycles. The zero-order valence-corrected chi connectivity index (χ0v) is 6.00. The minimum Gasteiger partial charge on any atom is -0.462 e. The van der Waals surface area contributed by atoms with Gasteiger partial charge in [-0.15, -0.1) is 11.3 Å². The Kier molecular flexibility index (Phi) is 1.04. The zero-order valence-electron chi connectivity index (χ0n) is 4.43. The van der Waals surface area contributed by atoms with Crippen molar-refractivity contribution in [2.24, 2.45) is 0 Å². The van der Waals surface area contributed by atoms with Crippen LogP contribution in [-0.4, -0.2) is 0 Å². The second-order valence-corrected chi connectivity index (χ2v) is 3.02. The molecule has 3 heteroatoms. The summed E-state index contributed by atoms with van der Waals surface area (Å²) in [6, 6.07) is 1.91. The van der Waals surface area contributed by atoms with Crippen LogP contribution in [0.2, 0.25) is 5.02 Å². The fraction of sp³-hybridized carbons (Fsp3) is 0. The average molecular weight is 159 g/mol. The summed E-state index contributed by atoms with van der Waals surface area (Å²) < 4.78 is 6.11. The minimum atomic E-state index is 0.708. The van der Waals surface area contributed by atoms with Gasteiger partial charge in [0.1, 0.15) is 11.8 Å². The molecule has 2 rings (SSSR count). The number of hydrogen-bond acceptors (Lipinski definition) is 2. The van der Waals surface area contributed by atoms with Crippen LogP contribution in [0.1, 0.15) is 0 Å². The van der Waals surface area contributed by atoms with Crippen LogP contribution in [0.4, 0.5) is 0 Å². The second-order valence-electron chi connectivity index (χ2n) is 1.70. The Labute approximate surface area is 60.9 Å². The lowest BCUT2D eigenvalue weighted by molar-refractivity contribution is 0.616. The number of halogens is 1. The molecule has 0 saturated heterocycles. The summed E-state index contributed by atoms with van der Waals surface area (Å²) in [5, 5.41) is 2.67. The standard InChI is InChI=1S/C6H3ClOS/c7-4-3-8-5-1-2-9-6(4)5/h1-3H. The predicted molar refractivity (Wildman–Crippen MR) is 39.1 cm³/mol. The van der Waals surface area contributed by atoms with E-state index in [0.717, 1.165) is 10.3 Å². The minimum absolute atomic E-state index is 0.708. The highest BCUT2D eigenvalue weighted by Crippen LogP contribution is 2.29. The van der Waals surface area contributed by atoms with Crippen LogP contribution in [0, 0.1) is 0 Å². The highest BCUT2D eigenvalue weighted by Gasteiger charge is 2.01. The Morgan fingerprint density at radius 3 is 3.22 bits per heavy atom. The van der Waals surface area contributed by atoms with Crippen molar-refractivity contribution in [1.29, 1.82) is 0 Å². The van der Waals surface area contributed by atoms with E-state index in [0.29, 0.717) is 5.02 Å². The SMILES string of the molecule is Clc1coc2ccsc12. The summed E-state index contributed by atoms with van der Waals surface area (Å²) in [5.74, 6) is 0. The molecular formula is C6H3ClOS. The maximum absolute atomic E-state index is 5.73. The molecule has 0 saturated carbocycles. The summed E-state index contributed by atoms with van der Waals surface area (Å²) in [6.45, 7) is 0. The molecular weight excluding hydrogens is 156 g/mol. The number of furan rings is 1. The molecule has 9 heavy (non-hydrogen) atoms. The van der Waals surface area contributed by atoms with Gasteiger partial charge in [0.15, 0.2) is 0 Å². The number of fused-ring (bicyclic) bond motifs is 1. The first-order valence-electron chi connectivity index (χ1n) is 2.48. The molecule has 0 aliphatic heterocycles. The normalized spacial score (nSPS) is 10.8. The van der Waals surface area contributed by atoms with Gasteiger partial charge in [0, 0.05) is 0 Å². The fourth-order valence-electron chi connectivity index (χ4n) is 0.733. The van der Waals surface area contributed by atoms with Crippen molar-refractivity contribution >= 4 is 33.2 Å². The van der Waals surface area contributed by atoms with E-state index >= 15 is 0 Å². The highest BCUT2D eigenvalue weighted by atomic mass is 35.5. The Balaban J connectivity index is 2.99. The Bertz CT molecular complexity index is 322. The molecule has 0 radical (unpaired) electrons. The van der Waals surface area contributed by atoms with E-state index in [9.17, 15) is 0 Å². The van der Waals surface area contributed by atoms with Gasteiger partial charge < -0.3 is 4.42 Å². The molecule has 2 aromatic heterocycles. The topological polar surface area (TPSA) is 13.1 Å². The third-order valence-electron chi connectivity index (χ3n) is 1.14. The van der Waals surface area contributed by atoms with Gasteiger partial charge in [-0.05, 0) is 11.4 Å². The van der Waals surface area contributed by atoms with E-state index in [1.54, 1.807) is 17.6 Å². The summed E-state index contributed by atoms with van der Waals surface area (Å²) in [6.07, 6.45) is 1.56. The van der Waals surface area contributed by atoms with Crippen molar-refractivity contribution in [1.82, 2.24) is 0 Å². The third-order valence-corrected chi connectivity index (χ3v) is 2.45. The second kappa shape index (κ2) is 1.75. The Morgan fingerprint density at radius 1 is 1.56 bits per heavy atom. The molecule has 0 spiro atoms. The number of hydrogen-bond donors (Lipinski definition) is 0. The smallest absolute Gasteiger partial charge is 0.146 e. The van der Waals surface area contributed by atoms with Crippen molar-refractivity contribution in [3.8, 4) is 0 Å². The van der Waals surface area contributed by atoms with Crippen LogP contribution in [0.25, 0.3) is 10.3 Å². The Morgan fingerprint density at radius 2 is 2.44 bits per heavy atom. The number of thiophene rings is 1. The molecule has 0 aliphatic rings. The molecule has 2 heterocycles. The van der Waals surface area contributed by atoms with Gasteiger partial charge in [0.25, 0.3) is 0 Å². The fourth-order valence-corrected chi connectivity index (χ4v) is 1.73. The van der Waals surface area contributed by atoms with Crippen LogP contribution in [0.5, 0.6) is 0 Å². The van der Waals surface area contributed by atoms with Gasteiger partial charge in [0.2, 0.25) is 0 Å². The molecule has 0 aliphatic carbocycles. The van der Waals surface area contributed by atoms with E-state index in [1.807, 2.05) is 11.4 Å². The van der Waals surface area contributed by atoms with Crippen molar-refractivity contribution in [2.75, 3.05) is 0 Å². The van der Waals surface area contributed by atoms with Crippen molar-refractivity contribution in [2.45, 2.75) is 0 Å². The maximum Gasteiger partial charge on any atom is 0.146 e.